The zero-order valence-corrected chi connectivity index (χ0v) is 27.9. The molecule has 1 saturated heterocycles. The van der Waals surface area contributed by atoms with Crippen LogP contribution in [0.5, 0.6) is 0 Å². The number of amides is 2. The fourth-order valence-electron chi connectivity index (χ4n) is 5.79. The molecule has 0 bridgehead atoms. The Hall–Kier alpha value is -5.26. The first-order chi connectivity index (χ1) is 23.9. The summed E-state index contributed by atoms with van der Waals surface area (Å²) >= 11 is 6.63. The average molecular weight is 679 g/mol. The molecule has 7 rings (SSSR count). The molecule has 1 aromatic heterocycles. The normalized spacial score (nSPS) is 13.2. The van der Waals surface area contributed by atoms with E-state index < -0.39 is 5.97 Å². The van der Waals surface area contributed by atoms with Gasteiger partial charge in [-0.1, -0.05) is 78.3 Å². The van der Waals surface area contributed by atoms with Crippen molar-refractivity contribution in [1.29, 1.82) is 0 Å². The quantitative estimate of drug-likeness (QED) is 0.160. The second-order valence-corrected chi connectivity index (χ2v) is 11.6. The van der Waals surface area contributed by atoms with E-state index in [-0.39, 0.29) is 34.6 Å². The molecule has 2 aliphatic heterocycles. The molecule has 0 unspecified atom stereocenters. The number of piperazine rings is 1. The molecule has 3 heterocycles. The third-order valence-corrected chi connectivity index (χ3v) is 8.45. The standard InChI is InChI=1S/C33H24ClN3O4.C4H10N2.CH5N/c34-28-18-23(35-31(38)26-12-6-5-11-25(26)21-8-2-1-3-9-21)14-16-27(28)32(39)37-20-24-15-17-30(33(40)41)36(24)19-22-10-4-7-13-29(22)37;1-2-6-4-3-5-1;1-2/h1-18H,19-20H2,(H,35,38)(H,40,41);5-6H,1-4H2;2H2,1H3. The summed E-state index contributed by atoms with van der Waals surface area (Å²) in [6.45, 7) is 5.06. The molecular weight excluding hydrogens is 640 g/mol. The number of hydrogen-bond donors (Lipinski definition) is 5. The Kier molecular flexibility index (Phi) is 12.0. The Labute approximate surface area is 290 Å². The first-order valence-corrected chi connectivity index (χ1v) is 16.3. The Balaban J connectivity index is 0.000000522. The van der Waals surface area contributed by atoms with Crippen LogP contribution >= 0.6 is 11.6 Å². The van der Waals surface area contributed by atoms with Crippen LogP contribution in [0, 0.1) is 0 Å². The lowest BCUT2D eigenvalue weighted by molar-refractivity contribution is 0.0685. The number of aromatic carboxylic acids is 1. The van der Waals surface area contributed by atoms with Crippen LogP contribution in [0.15, 0.2) is 109 Å². The highest BCUT2D eigenvalue weighted by Gasteiger charge is 2.28. The van der Waals surface area contributed by atoms with Crippen LogP contribution < -0.4 is 26.6 Å². The van der Waals surface area contributed by atoms with Crippen molar-refractivity contribution in [3.63, 3.8) is 0 Å². The van der Waals surface area contributed by atoms with Gasteiger partial charge in [0.1, 0.15) is 5.69 Å². The van der Waals surface area contributed by atoms with Gasteiger partial charge in [-0.3, -0.25) is 9.59 Å². The molecule has 0 radical (unpaired) electrons. The van der Waals surface area contributed by atoms with Gasteiger partial charge in [-0.15, -0.1) is 0 Å². The van der Waals surface area contributed by atoms with E-state index in [1.165, 1.54) is 7.05 Å². The van der Waals surface area contributed by atoms with Crippen molar-refractivity contribution in [2.45, 2.75) is 13.1 Å². The Bertz CT molecular complexity index is 1910. The summed E-state index contributed by atoms with van der Waals surface area (Å²) in [5.74, 6) is -1.65. The summed E-state index contributed by atoms with van der Waals surface area (Å²) in [7, 11) is 1.50. The van der Waals surface area contributed by atoms with E-state index in [1.807, 2.05) is 72.8 Å². The number of aromatic nitrogens is 1. The molecule has 11 heteroatoms. The minimum Gasteiger partial charge on any atom is -0.477 e. The molecule has 5 aromatic rings. The summed E-state index contributed by atoms with van der Waals surface area (Å²) in [5.41, 5.74) is 9.83. The number of fused-ring (bicyclic) bond motifs is 2. The van der Waals surface area contributed by atoms with Crippen molar-refractivity contribution in [2.24, 2.45) is 5.73 Å². The number of halogens is 1. The number of nitrogens with zero attached hydrogens (tertiary/aromatic N) is 2. The monoisotopic (exact) mass is 678 g/mol. The maximum Gasteiger partial charge on any atom is 0.352 e. The molecule has 10 nitrogen and oxygen atoms in total. The average Bonchev–Trinajstić information content (AvgIpc) is 3.47. The molecule has 2 aliphatic rings. The minimum atomic E-state index is -1.03. The van der Waals surface area contributed by atoms with Crippen molar-refractivity contribution in [2.75, 3.05) is 43.4 Å². The number of nitrogens with one attached hydrogen (secondary N) is 3. The molecule has 0 aliphatic carbocycles. The summed E-state index contributed by atoms with van der Waals surface area (Å²) < 4.78 is 1.71. The first kappa shape index (κ1) is 35.1. The Morgan fingerprint density at radius 1 is 0.755 bits per heavy atom. The third-order valence-electron chi connectivity index (χ3n) is 8.14. The zero-order chi connectivity index (χ0) is 34.8. The van der Waals surface area contributed by atoms with Crippen LogP contribution in [0.4, 0.5) is 11.4 Å². The number of carbonyl (C=O) groups excluding carboxylic acids is 2. The maximum atomic E-state index is 13.9. The predicted molar refractivity (Wildman–Crippen MR) is 195 cm³/mol. The van der Waals surface area contributed by atoms with Crippen LogP contribution in [0.3, 0.4) is 0 Å². The van der Waals surface area contributed by atoms with Crippen LogP contribution in [-0.4, -0.2) is 60.7 Å². The SMILES string of the molecule is C1CNCCN1.CN.O=C(Nc1ccc(C(=O)N2Cc3ccc(C(=O)O)n3Cc3ccccc32)c(Cl)c1)c1ccccc1-c1ccccc1. The van der Waals surface area contributed by atoms with Crippen LogP contribution in [0.2, 0.25) is 5.02 Å². The van der Waals surface area contributed by atoms with Crippen LogP contribution in [0.25, 0.3) is 11.1 Å². The minimum absolute atomic E-state index is 0.163. The number of para-hydroxylation sites is 1. The maximum absolute atomic E-state index is 13.9. The lowest BCUT2D eigenvalue weighted by Crippen LogP contribution is -2.39. The van der Waals surface area contributed by atoms with Gasteiger partial charge in [0.25, 0.3) is 11.8 Å². The fourth-order valence-corrected chi connectivity index (χ4v) is 6.05. The molecular formula is C38H39ClN6O4. The summed E-state index contributed by atoms with van der Waals surface area (Å²) in [4.78, 5) is 40.5. The summed E-state index contributed by atoms with van der Waals surface area (Å²) in [6, 6.07) is 32.5. The van der Waals surface area contributed by atoms with E-state index in [1.54, 1.807) is 45.9 Å². The van der Waals surface area contributed by atoms with Crippen LogP contribution in [-0.2, 0) is 13.1 Å². The molecule has 0 spiro atoms. The number of benzene rings is 4. The van der Waals surface area contributed by atoms with Gasteiger partial charge in [-0.05, 0) is 66.2 Å². The van der Waals surface area contributed by atoms with Gasteiger partial charge in [0.2, 0.25) is 0 Å². The first-order valence-electron chi connectivity index (χ1n) is 16.0. The van der Waals surface area contributed by atoms with Gasteiger partial charge in [0.05, 0.1) is 23.7 Å². The molecule has 4 aromatic carbocycles. The molecule has 252 valence electrons. The van der Waals surface area contributed by atoms with E-state index >= 15 is 0 Å². The third kappa shape index (κ3) is 8.25. The Morgan fingerprint density at radius 2 is 1.41 bits per heavy atom. The molecule has 6 N–H and O–H groups in total. The highest BCUT2D eigenvalue weighted by molar-refractivity contribution is 6.35. The van der Waals surface area contributed by atoms with E-state index in [2.05, 4.69) is 21.7 Å². The number of carboxylic acid groups (broad SMARTS) is 1. The molecule has 0 atom stereocenters. The summed E-state index contributed by atoms with van der Waals surface area (Å²) in [5, 5.41) is 19.2. The van der Waals surface area contributed by atoms with Crippen molar-refractivity contribution in [3.05, 3.63) is 142 Å². The lowest BCUT2D eigenvalue weighted by atomic mass is 9.99. The molecule has 1 fully saturated rings. The van der Waals surface area contributed by atoms with Gasteiger partial charge < -0.3 is 36.3 Å². The van der Waals surface area contributed by atoms with Gasteiger partial charge in [0.15, 0.2) is 0 Å². The second-order valence-electron chi connectivity index (χ2n) is 11.2. The van der Waals surface area contributed by atoms with E-state index in [4.69, 9.17) is 11.6 Å². The lowest BCUT2D eigenvalue weighted by Gasteiger charge is -2.23. The number of carbonyl (C=O) groups is 3. The van der Waals surface area contributed by atoms with E-state index in [0.717, 1.165) is 42.9 Å². The molecule has 2 amide bonds. The van der Waals surface area contributed by atoms with Crippen molar-refractivity contribution in [1.82, 2.24) is 15.2 Å². The number of hydrogen-bond acceptors (Lipinski definition) is 6. The number of carboxylic acids is 1. The van der Waals surface area contributed by atoms with Gasteiger partial charge in [0, 0.05) is 48.8 Å². The number of rotatable bonds is 5. The smallest absolute Gasteiger partial charge is 0.352 e. The number of nitrogens with two attached hydrogens (primary N) is 1. The molecule has 49 heavy (non-hydrogen) atoms. The second kappa shape index (κ2) is 16.7. The van der Waals surface area contributed by atoms with Crippen molar-refractivity contribution < 1.29 is 19.5 Å². The van der Waals surface area contributed by atoms with E-state index in [0.29, 0.717) is 29.2 Å². The fraction of sp³-hybridized carbons (Fsp3) is 0.184. The molecule has 0 saturated carbocycles. The Morgan fingerprint density at radius 3 is 2.08 bits per heavy atom. The van der Waals surface area contributed by atoms with Gasteiger partial charge in [-0.2, -0.15) is 0 Å². The highest BCUT2D eigenvalue weighted by Crippen LogP contribution is 2.32. The van der Waals surface area contributed by atoms with Crippen molar-refractivity contribution in [3.8, 4) is 11.1 Å². The zero-order valence-electron chi connectivity index (χ0n) is 27.2. The van der Waals surface area contributed by atoms with Gasteiger partial charge >= 0.3 is 5.97 Å². The topological polar surface area (TPSA) is 142 Å². The largest absolute Gasteiger partial charge is 0.477 e. The van der Waals surface area contributed by atoms with Crippen LogP contribution in [0.1, 0.15) is 42.5 Å². The number of anilines is 2. The summed E-state index contributed by atoms with van der Waals surface area (Å²) in [6.07, 6.45) is 0. The van der Waals surface area contributed by atoms with Crippen molar-refractivity contribution >= 4 is 40.8 Å². The van der Waals surface area contributed by atoms with E-state index in [9.17, 15) is 19.5 Å². The highest BCUT2D eigenvalue weighted by atomic mass is 35.5. The van der Waals surface area contributed by atoms with Gasteiger partial charge in [-0.25, -0.2) is 4.79 Å². The predicted octanol–water partition coefficient (Wildman–Crippen LogP) is 5.72.